The van der Waals surface area contributed by atoms with Crippen molar-refractivity contribution < 1.29 is 9.90 Å². The largest absolute Gasteiger partial charge is 0.388 e. The summed E-state index contributed by atoms with van der Waals surface area (Å²) in [5.74, 6) is 0.636. The lowest BCUT2D eigenvalue weighted by molar-refractivity contribution is -0.112. The molecule has 0 bridgehead atoms. The van der Waals surface area contributed by atoms with Gasteiger partial charge in [-0.3, -0.25) is 4.79 Å². The molecule has 1 N–H and O–H groups in total. The lowest BCUT2D eigenvalue weighted by Crippen LogP contribution is -2.15. The zero-order valence-electron chi connectivity index (χ0n) is 12.4. The second-order valence-corrected chi connectivity index (χ2v) is 6.22. The van der Waals surface area contributed by atoms with Crippen LogP contribution in [0.1, 0.15) is 17.5 Å². The van der Waals surface area contributed by atoms with E-state index in [9.17, 15) is 9.90 Å². The van der Waals surface area contributed by atoms with Gasteiger partial charge in [0, 0.05) is 12.2 Å². The van der Waals surface area contributed by atoms with Crippen molar-refractivity contribution in [3.8, 4) is 0 Å². The third kappa shape index (κ3) is 5.51. The molecule has 0 aliphatic rings. The predicted molar refractivity (Wildman–Crippen MR) is 92.7 cm³/mol. The molecular formula is C19H20O2S. The Hall–Kier alpha value is -1.84. The Morgan fingerprint density at radius 2 is 1.55 bits per heavy atom. The van der Waals surface area contributed by atoms with Crippen LogP contribution in [0.5, 0.6) is 0 Å². The first-order valence-electron chi connectivity index (χ1n) is 7.24. The molecule has 22 heavy (non-hydrogen) atoms. The summed E-state index contributed by atoms with van der Waals surface area (Å²) in [5.41, 5.74) is 2.88. The smallest absolute Gasteiger partial charge is 0.192 e. The molecule has 0 spiro atoms. The zero-order valence-corrected chi connectivity index (χ0v) is 13.3. The third-order valence-corrected chi connectivity index (χ3v) is 4.31. The second-order valence-electron chi connectivity index (χ2n) is 5.19. The molecule has 0 amide bonds. The Balaban J connectivity index is 1.77. The summed E-state index contributed by atoms with van der Waals surface area (Å²) < 4.78 is 0. The van der Waals surface area contributed by atoms with Crippen molar-refractivity contribution >= 4 is 16.9 Å². The summed E-state index contributed by atoms with van der Waals surface area (Å²) in [5, 5.41) is 10.1. The van der Waals surface area contributed by atoms with Crippen LogP contribution >= 0.6 is 11.8 Å². The molecule has 0 aliphatic heterocycles. The van der Waals surface area contributed by atoms with Crippen molar-refractivity contribution in [2.45, 2.75) is 24.7 Å². The first-order valence-corrected chi connectivity index (χ1v) is 8.23. The van der Waals surface area contributed by atoms with Gasteiger partial charge in [0.05, 0.1) is 6.10 Å². The first-order chi connectivity index (χ1) is 10.6. The third-order valence-electron chi connectivity index (χ3n) is 3.35. The van der Waals surface area contributed by atoms with Gasteiger partial charge in [0.2, 0.25) is 0 Å². The molecule has 3 heteroatoms. The van der Waals surface area contributed by atoms with Gasteiger partial charge in [-0.1, -0.05) is 79.0 Å². The predicted octanol–water partition coefficient (Wildman–Crippen LogP) is 4.00. The number of rotatable bonds is 7. The van der Waals surface area contributed by atoms with Gasteiger partial charge < -0.3 is 5.11 Å². The highest BCUT2D eigenvalue weighted by molar-refractivity contribution is 8.12. The van der Waals surface area contributed by atoms with Crippen molar-refractivity contribution in [2.75, 3.05) is 0 Å². The molecule has 0 unspecified atom stereocenters. The fourth-order valence-corrected chi connectivity index (χ4v) is 2.87. The van der Waals surface area contributed by atoms with E-state index in [-0.39, 0.29) is 11.5 Å². The van der Waals surface area contributed by atoms with E-state index in [1.807, 2.05) is 60.7 Å². The highest BCUT2D eigenvalue weighted by Crippen LogP contribution is 2.19. The van der Waals surface area contributed by atoms with Gasteiger partial charge >= 0.3 is 0 Å². The van der Waals surface area contributed by atoms with Crippen LogP contribution in [0.3, 0.4) is 0 Å². The summed E-state index contributed by atoms with van der Waals surface area (Å²) in [6.45, 7) is 3.91. The van der Waals surface area contributed by atoms with Gasteiger partial charge in [0.15, 0.2) is 5.12 Å². The van der Waals surface area contributed by atoms with E-state index in [0.717, 1.165) is 11.1 Å². The molecule has 2 rings (SSSR count). The molecule has 2 aromatic rings. The minimum atomic E-state index is -0.782. The van der Waals surface area contributed by atoms with E-state index in [1.165, 1.54) is 11.8 Å². The topological polar surface area (TPSA) is 37.3 Å². The van der Waals surface area contributed by atoms with Crippen LogP contribution in [0.4, 0.5) is 0 Å². The molecule has 1 atom stereocenters. The molecule has 2 aromatic carbocycles. The monoisotopic (exact) mass is 312 g/mol. The Morgan fingerprint density at radius 1 is 1.00 bits per heavy atom. The number of hydrogen-bond acceptors (Lipinski definition) is 3. The van der Waals surface area contributed by atoms with E-state index in [0.29, 0.717) is 17.7 Å². The molecule has 0 aliphatic carbocycles. The lowest BCUT2D eigenvalue weighted by Gasteiger charge is -2.13. The van der Waals surface area contributed by atoms with E-state index in [1.54, 1.807) is 0 Å². The van der Waals surface area contributed by atoms with Crippen LogP contribution < -0.4 is 0 Å². The van der Waals surface area contributed by atoms with Gasteiger partial charge in [-0.25, -0.2) is 0 Å². The number of thioether (sulfide) groups is 1. The minimum Gasteiger partial charge on any atom is -0.388 e. The van der Waals surface area contributed by atoms with Crippen LogP contribution in [0.25, 0.3) is 0 Å². The Morgan fingerprint density at radius 3 is 2.14 bits per heavy atom. The number of aliphatic hydroxyl groups excluding tert-OH is 1. The van der Waals surface area contributed by atoms with E-state index in [2.05, 4.69) is 6.58 Å². The van der Waals surface area contributed by atoms with Gasteiger partial charge in [-0.2, -0.15) is 0 Å². The standard InChI is InChI=1S/C19H20O2S/c1-15(12-16-8-4-2-5-9-16)18(20)13-19(21)22-14-17-10-6-3-7-11-17/h2-11,18,20H,1,12-14H2/t18-/m0/s1. The fraction of sp³-hybridized carbons (Fsp3) is 0.211. The van der Waals surface area contributed by atoms with Crippen molar-refractivity contribution in [1.29, 1.82) is 0 Å². The molecule has 0 aromatic heterocycles. The van der Waals surface area contributed by atoms with Crippen molar-refractivity contribution in [2.24, 2.45) is 0 Å². The van der Waals surface area contributed by atoms with Crippen LogP contribution in [0.15, 0.2) is 72.8 Å². The van der Waals surface area contributed by atoms with Gasteiger partial charge in [0.25, 0.3) is 0 Å². The van der Waals surface area contributed by atoms with Crippen LogP contribution in [-0.2, 0) is 17.0 Å². The quantitative estimate of drug-likeness (QED) is 0.785. The van der Waals surface area contributed by atoms with E-state index < -0.39 is 6.10 Å². The first kappa shape index (κ1) is 16.5. The number of carbonyl (C=O) groups excluding carboxylic acids is 1. The average molecular weight is 312 g/mol. The molecule has 114 valence electrons. The molecular weight excluding hydrogens is 292 g/mol. The highest BCUT2D eigenvalue weighted by Gasteiger charge is 2.15. The lowest BCUT2D eigenvalue weighted by atomic mass is 10.0. The van der Waals surface area contributed by atoms with Crippen molar-refractivity contribution in [1.82, 2.24) is 0 Å². The second kappa shape index (κ2) is 8.57. The summed E-state index contributed by atoms with van der Waals surface area (Å²) in [7, 11) is 0. The van der Waals surface area contributed by atoms with Crippen molar-refractivity contribution in [3.05, 3.63) is 83.9 Å². The van der Waals surface area contributed by atoms with Crippen LogP contribution in [0, 0.1) is 0 Å². The number of benzene rings is 2. The van der Waals surface area contributed by atoms with E-state index >= 15 is 0 Å². The summed E-state index contributed by atoms with van der Waals surface area (Å²) in [4.78, 5) is 11.9. The van der Waals surface area contributed by atoms with E-state index in [4.69, 9.17) is 0 Å². The van der Waals surface area contributed by atoms with Gasteiger partial charge in [-0.05, 0) is 23.1 Å². The van der Waals surface area contributed by atoms with Crippen LogP contribution in [0.2, 0.25) is 0 Å². The molecule has 0 heterocycles. The molecule has 0 saturated carbocycles. The summed E-state index contributed by atoms with van der Waals surface area (Å²) in [6, 6.07) is 19.7. The summed E-state index contributed by atoms with van der Waals surface area (Å²) >= 11 is 1.24. The van der Waals surface area contributed by atoms with Crippen LogP contribution in [-0.4, -0.2) is 16.3 Å². The number of carbonyl (C=O) groups is 1. The number of aliphatic hydroxyl groups is 1. The number of hydrogen-bond donors (Lipinski definition) is 1. The van der Waals surface area contributed by atoms with Crippen molar-refractivity contribution in [3.63, 3.8) is 0 Å². The average Bonchev–Trinajstić information content (AvgIpc) is 2.55. The minimum absolute atomic E-state index is 0.00874. The molecule has 2 nitrogen and oxygen atoms in total. The summed E-state index contributed by atoms with van der Waals surface area (Å²) in [6.07, 6.45) is -0.0714. The maximum Gasteiger partial charge on any atom is 0.192 e. The normalized spacial score (nSPS) is 11.9. The maximum absolute atomic E-state index is 11.9. The Kier molecular flexibility index (Phi) is 6.44. The Labute approximate surface area is 135 Å². The highest BCUT2D eigenvalue weighted by atomic mass is 32.2. The SMILES string of the molecule is C=C(Cc1ccccc1)[C@@H](O)CC(=O)SCc1ccccc1. The zero-order chi connectivity index (χ0) is 15.8. The maximum atomic E-state index is 11.9. The fourth-order valence-electron chi connectivity index (χ4n) is 2.08. The molecule has 0 saturated heterocycles. The molecule has 0 radical (unpaired) electrons. The molecule has 0 fully saturated rings. The van der Waals surface area contributed by atoms with Gasteiger partial charge in [0.1, 0.15) is 0 Å². The van der Waals surface area contributed by atoms with Gasteiger partial charge in [-0.15, -0.1) is 0 Å². The Bertz CT molecular complexity index is 608.